The van der Waals surface area contributed by atoms with Crippen LogP contribution in [0.4, 0.5) is 0 Å². The molecule has 2 fully saturated rings. The van der Waals surface area contributed by atoms with Gasteiger partial charge in [0.15, 0.2) is 0 Å². The van der Waals surface area contributed by atoms with Gasteiger partial charge in [-0.05, 0) is 31.6 Å². The normalized spacial score (nSPS) is 25.0. The van der Waals surface area contributed by atoms with Gasteiger partial charge in [0.25, 0.3) is 0 Å². The number of carbonyl (C=O) groups excluding carboxylic acids is 2. The SMILES string of the molecule is CC1C(O)CN1C(=O)CC(C)(C)CCCC1(O)CN(C(=O)CC(C)(C)S)C1. The fourth-order valence-electron chi connectivity index (χ4n) is 3.89. The monoisotopic (exact) mass is 400 g/mol. The van der Waals surface area contributed by atoms with Crippen LogP contribution < -0.4 is 0 Å². The quantitative estimate of drug-likeness (QED) is 0.543. The Kier molecular flexibility index (Phi) is 6.59. The van der Waals surface area contributed by atoms with Gasteiger partial charge in [-0.15, -0.1) is 0 Å². The van der Waals surface area contributed by atoms with Crippen molar-refractivity contribution in [2.45, 2.75) is 89.2 Å². The van der Waals surface area contributed by atoms with Crippen molar-refractivity contribution in [3.8, 4) is 0 Å². The summed E-state index contributed by atoms with van der Waals surface area (Å²) in [6.45, 7) is 11.0. The van der Waals surface area contributed by atoms with Gasteiger partial charge in [0.2, 0.25) is 11.8 Å². The van der Waals surface area contributed by atoms with Crippen LogP contribution in [0.25, 0.3) is 0 Å². The van der Waals surface area contributed by atoms with Gasteiger partial charge in [-0.1, -0.05) is 27.7 Å². The zero-order valence-corrected chi connectivity index (χ0v) is 18.3. The molecule has 0 aliphatic carbocycles. The van der Waals surface area contributed by atoms with Crippen LogP contribution in [0.1, 0.15) is 66.7 Å². The zero-order valence-electron chi connectivity index (χ0n) is 17.4. The number of aliphatic hydroxyl groups is 2. The Morgan fingerprint density at radius 2 is 1.74 bits per heavy atom. The van der Waals surface area contributed by atoms with E-state index < -0.39 is 11.7 Å². The maximum absolute atomic E-state index is 12.4. The van der Waals surface area contributed by atoms with Gasteiger partial charge in [-0.3, -0.25) is 9.59 Å². The third kappa shape index (κ3) is 6.09. The summed E-state index contributed by atoms with van der Waals surface area (Å²) in [4.78, 5) is 27.9. The average molecular weight is 401 g/mol. The molecule has 2 unspecified atom stereocenters. The molecule has 0 radical (unpaired) electrons. The smallest absolute Gasteiger partial charge is 0.224 e. The lowest BCUT2D eigenvalue weighted by molar-refractivity contribution is -0.157. The molecule has 6 nitrogen and oxygen atoms in total. The van der Waals surface area contributed by atoms with Crippen LogP contribution in [0.5, 0.6) is 0 Å². The Labute approximate surface area is 168 Å². The molecule has 0 aromatic rings. The minimum atomic E-state index is -0.799. The van der Waals surface area contributed by atoms with Gasteiger partial charge in [-0.25, -0.2) is 0 Å². The number of carbonyl (C=O) groups is 2. The molecule has 0 aromatic heterocycles. The van der Waals surface area contributed by atoms with E-state index >= 15 is 0 Å². The van der Waals surface area contributed by atoms with Crippen LogP contribution in [0.15, 0.2) is 0 Å². The third-order valence-corrected chi connectivity index (χ3v) is 5.94. The van der Waals surface area contributed by atoms with E-state index in [9.17, 15) is 19.8 Å². The van der Waals surface area contributed by atoms with Gasteiger partial charge >= 0.3 is 0 Å². The molecule has 0 spiro atoms. The van der Waals surface area contributed by atoms with Crippen LogP contribution in [-0.2, 0) is 9.59 Å². The summed E-state index contributed by atoms with van der Waals surface area (Å²) in [5.41, 5.74) is -0.949. The Morgan fingerprint density at radius 3 is 2.22 bits per heavy atom. The molecule has 156 valence electrons. The molecule has 2 atom stereocenters. The summed E-state index contributed by atoms with van der Waals surface area (Å²) in [6.07, 6.45) is 2.70. The van der Waals surface area contributed by atoms with E-state index in [4.69, 9.17) is 0 Å². The van der Waals surface area contributed by atoms with Gasteiger partial charge in [-0.2, -0.15) is 12.6 Å². The fourth-order valence-corrected chi connectivity index (χ4v) is 4.03. The highest BCUT2D eigenvalue weighted by molar-refractivity contribution is 7.81. The van der Waals surface area contributed by atoms with E-state index in [0.717, 1.165) is 12.8 Å². The molecule has 0 saturated carbocycles. The largest absolute Gasteiger partial charge is 0.389 e. The van der Waals surface area contributed by atoms with Crippen molar-refractivity contribution in [2.24, 2.45) is 5.41 Å². The number of β-amino-alcohol motifs (C(OH)–C–C–N with tert-alkyl or cyclic N) is 2. The second-order valence-corrected chi connectivity index (χ2v) is 11.2. The maximum Gasteiger partial charge on any atom is 0.224 e. The van der Waals surface area contributed by atoms with E-state index in [1.54, 1.807) is 9.80 Å². The highest BCUT2D eigenvalue weighted by Gasteiger charge is 2.44. The molecule has 2 heterocycles. The molecule has 0 aromatic carbocycles. The summed E-state index contributed by atoms with van der Waals surface area (Å²) in [7, 11) is 0. The summed E-state index contributed by atoms with van der Waals surface area (Å²) in [6, 6.07) is -0.0882. The molecule has 2 amide bonds. The van der Waals surface area contributed by atoms with Crippen LogP contribution in [0, 0.1) is 5.41 Å². The lowest BCUT2D eigenvalue weighted by Crippen LogP contribution is -2.63. The highest BCUT2D eigenvalue weighted by Crippen LogP contribution is 2.34. The molecule has 7 heteroatoms. The number of nitrogens with zero attached hydrogens (tertiary/aromatic N) is 2. The molecule has 2 aliphatic rings. The molecule has 2 N–H and O–H groups in total. The number of thiol groups is 1. The summed E-state index contributed by atoms with van der Waals surface area (Å²) in [5, 5.41) is 20.2. The second kappa shape index (κ2) is 7.91. The molecule has 0 bridgehead atoms. The van der Waals surface area contributed by atoms with E-state index in [2.05, 4.69) is 26.5 Å². The van der Waals surface area contributed by atoms with E-state index in [1.165, 1.54) is 0 Å². The Hall–Kier alpha value is -0.790. The van der Waals surface area contributed by atoms with Crippen molar-refractivity contribution in [3.63, 3.8) is 0 Å². The number of aliphatic hydroxyl groups excluding tert-OH is 1. The van der Waals surface area contributed by atoms with E-state index in [-0.39, 0.29) is 28.0 Å². The first-order valence-electron chi connectivity index (χ1n) is 9.92. The lowest BCUT2D eigenvalue weighted by atomic mass is 9.79. The molecule has 2 saturated heterocycles. The molecule has 27 heavy (non-hydrogen) atoms. The van der Waals surface area contributed by atoms with Crippen molar-refractivity contribution in [2.75, 3.05) is 19.6 Å². The van der Waals surface area contributed by atoms with Crippen molar-refractivity contribution in [3.05, 3.63) is 0 Å². The number of hydrogen-bond acceptors (Lipinski definition) is 5. The highest BCUT2D eigenvalue weighted by atomic mass is 32.1. The maximum atomic E-state index is 12.4. The third-order valence-electron chi connectivity index (χ3n) is 5.78. The lowest BCUT2D eigenvalue weighted by Gasteiger charge is -2.47. The Bertz CT molecular complexity index is 567. The van der Waals surface area contributed by atoms with Gasteiger partial charge in [0.1, 0.15) is 0 Å². The molecular formula is C20H36N2O4S. The standard InChI is InChI=1S/C20H36N2O4S/c1-14-15(23)11-22(14)17(25)9-18(2,3)7-6-8-20(26)12-21(13-20)16(24)10-19(4,5)27/h14-15,23,26-27H,6-13H2,1-5H3. The van der Waals surface area contributed by atoms with Crippen molar-refractivity contribution < 1.29 is 19.8 Å². The Balaban J connectivity index is 1.69. The molecule has 2 aliphatic heterocycles. The molecule has 2 rings (SSSR count). The minimum absolute atomic E-state index is 0.0384. The topological polar surface area (TPSA) is 81.1 Å². The van der Waals surface area contributed by atoms with E-state index in [0.29, 0.717) is 38.9 Å². The summed E-state index contributed by atoms with van der Waals surface area (Å²) < 4.78 is -0.342. The number of rotatable bonds is 8. The second-order valence-electron chi connectivity index (χ2n) is 10.0. The number of amides is 2. The average Bonchev–Trinajstić information content (AvgIpc) is 2.46. The zero-order chi connectivity index (χ0) is 20.6. The van der Waals surface area contributed by atoms with Gasteiger partial charge in [0, 0.05) is 24.1 Å². The predicted molar refractivity (Wildman–Crippen MR) is 109 cm³/mol. The molecular weight excluding hydrogens is 364 g/mol. The number of hydrogen-bond donors (Lipinski definition) is 3. The van der Waals surface area contributed by atoms with Crippen LogP contribution in [0.2, 0.25) is 0 Å². The first-order valence-corrected chi connectivity index (χ1v) is 10.4. The summed E-state index contributed by atoms with van der Waals surface area (Å²) >= 11 is 4.39. The van der Waals surface area contributed by atoms with Crippen molar-refractivity contribution in [1.29, 1.82) is 0 Å². The van der Waals surface area contributed by atoms with Crippen LogP contribution in [0.3, 0.4) is 0 Å². The van der Waals surface area contributed by atoms with Crippen molar-refractivity contribution >= 4 is 24.4 Å². The van der Waals surface area contributed by atoms with Gasteiger partial charge < -0.3 is 20.0 Å². The van der Waals surface area contributed by atoms with E-state index in [1.807, 2.05) is 20.8 Å². The Morgan fingerprint density at radius 1 is 1.15 bits per heavy atom. The first kappa shape index (κ1) is 22.5. The predicted octanol–water partition coefficient (Wildman–Crippen LogP) is 1.84. The minimum Gasteiger partial charge on any atom is -0.389 e. The van der Waals surface area contributed by atoms with Crippen LogP contribution >= 0.6 is 12.6 Å². The summed E-state index contributed by atoms with van der Waals surface area (Å²) in [5.74, 6) is 0.128. The van der Waals surface area contributed by atoms with Crippen molar-refractivity contribution in [1.82, 2.24) is 9.80 Å². The first-order chi connectivity index (χ1) is 12.2. The number of likely N-dealkylation sites (tertiary alicyclic amines) is 2. The fraction of sp³-hybridized carbons (Fsp3) is 0.900. The van der Waals surface area contributed by atoms with Crippen LogP contribution in [-0.4, -0.2) is 74.0 Å². The van der Waals surface area contributed by atoms with Gasteiger partial charge in [0.05, 0.1) is 30.8 Å².